The van der Waals surface area contributed by atoms with Crippen LogP contribution in [0.25, 0.3) is 0 Å². The molecular formula is C15H27N3. The van der Waals surface area contributed by atoms with Crippen molar-refractivity contribution in [2.75, 3.05) is 19.6 Å². The predicted molar refractivity (Wildman–Crippen MR) is 81.4 cm³/mol. The van der Waals surface area contributed by atoms with Crippen LogP contribution in [0.3, 0.4) is 0 Å². The lowest BCUT2D eigenvalue weighted by Crippen LogP contribution is -2.25. The van der Waals surface area contributed by atoms with Crippen molar-refractivity contribution in [3.8, 4) is 0 Å². The van der Waals surface area contributed by atoms with Gasteiger partial charge in [-0.05, 0) is 57.8 Å². The van der Waals surface area contributed by atoms with E-state index in [9.17, 15) is 0 Å². The summed E-state index contributed by atoms with van der Waals surface area (Å²) in [7, 11) is 0. The van der Waals surface area contributed by atoms with E-state index in [0.717, 1.165) is 19.6 Å². The first-order chi connectivity index (χ1) is 8.80. The molecule has 0 atom stereocenters. The van der Waals surface area contributed by atoms with Crippen LogP contribution in [0.1, 0.15) is 40.0 Å². The van der Waals surface area contributed by atoms with Gasteiger partial charge in [0.05, 0.1) is 0 Å². The molecule has 0 radical (unpaired) electrons. The van der Waals surface area contributed by atoms with Crippen LogP contribution < -0.4 is 0 Å². The van der Waals surface area contributed by atoms with Crippen molar-refractivity contribution in [3.05, 3.63) is 0 Å². The molecule has 0 aromatic heterocycles. The van der Waals surface area contributed by atoms with Gasteiger partial charge in [0.2, 0.25) is 0 Å². The van der Waals surface area contributed by atoms with Crippen LogP contribution in [0.4, 0.5) is 0 Å². The zero-order valence-electron chi connectivity index (χ0n) is 12.0. The smallest absolute Gasteiger partial charge is 0.0357 e. The van der Waals surface area contributed by atoms with Crippen LogP contribution in [0, 0.1) is 17.8 Å². The minimum Gasteiger partial charge on any atom is -0.298 e. The summed E-state index contributed by atoms with van der Waals surface area (Å²) < 4.78 is 0. The summed E-state index contributed by atoms with van der Waals surface area (Å²) in [6, 6.07) is 0. The second-order valence-corrected chi connectivity index (χ2v) is 4.93. The first kappa shape index (κ1) is 15.1. The molecular weight excluding hydrogens is 222 g/mol. The Balaban J connectivity index is 2.62. The highest BCUT2D eigenvalue weighted by molar-refractivity contribution is 5.69. The van der Waals surface area contributed by atoms with E-state index in [1.165, 1.54) is 19.3 Å². The van der Waals surface area contributed by atoms with E-state index in [1.54, 1.807) is 0 Å². The van der Waals surface area contributed by atoms with Crippen molar-refractivity contribution < 1.29 is 0 Å². The topological polar surface area (TPSA) is 37.1 Å². The first-order valence-corrected chi connectivity index (χ1v) is 7.29. The Morgan fingerprint density at radius 1 is 0.667 bits per heavy atom. The van der Waals surface area contributed by atoms with E-state index in [0.29, 0.717) is 17.8 Å². The van der Waals surface area contributed by atoms with Gasteiger partial charge in [-0.25, -0.2) is 0 Å². The lowest BCUT2D eigenvalue weighted by atomic mass is 9.76. The zero-order chi connectivity index (χ0) is 13.2. The molecule has 3 heteroatoms. The molecule has 3 nitrogen and oxygen atoms in total. The van der Waals surface area contributed by atoms with Crippen molar-refractivity contribution in [2.45, 2.75) is 40.0 Å². The van der Waals surface area contributed by atoms with Crippen LogP contribution >= 0.6 is 0 Å². The largest absolute Gasteiger partial charge is 0.298 e. The summed E-state index contributed by atoms with van der Waals surface area (Å²) in [4.78, 5) is 13.2. The molecule has 18 heavy (non-hydrogen) atoms. The van der Waals surface area contributed by atoms with Crippen molar-refractivity contribution in [1.82, 2.24) is 0 Å². The van der Waals surface area contributed by atoms with Crippen LogP contribution in [0.15, 0.2) is 15.0 Å². The Kier molecular flexibility index (Phi) is 7.54. The molecule has 0 amide bonds. The second kappa shape index (κ2) is 9.01. The van der Waals surface area contributed by atoms with Gasteiger partial charge in [-0.2, -0.15) is 0 Å². The predicted octanol–water partition coefficient (Wildman–Crippen LogP) is 3.29. The Hall–Kier alpha value is -0.990. The van der Waals surface area contributed by atoms with Gasteiger partial charge in [0.1, 0.15) is 0 Å². The highest BCUT2D eigenvalue weighted by Gasteiger charge is 2.25. The van der Waals surface area contributed by atoms with Crippen LogP contribution in [-0.2, 0) is 0 Å². The fourth-order valence-corrected chi connectivity index (χ4v) is 2.58. The normalized spacial score (nSPS) is 29.8. The summed E-state index contributed by atoms with van der Waals surface area (Å²) in [6.45, 7) is 8.93. The average Bonchev–Trinajstić information content (AvgIpc) is 2.40. The number of hydrogen-bond acceptors (Lipinski definition) is 3. The van der Waals surface area contributed by atoms with E-state index >= 15 is 0 Å². The van der Waals surface area contributed by atoms with Crippen molar-refractivity contribution >= 4 is 18.6 Å². The van der Waals surface area contributed by atoms with Gasteiger partial charge in [0.15, 0.2) is 0 Å². The molecule has 0 aliphatic heterocycles. The minimum atomic E-state index is 0.598. The fourth-order valence-electron chi connectivity index (χ4n) is 2.58. The van der Waals surface area contributed by atoms with Gasteiger partial charge in [0, 0.05) is 38.3 Å². The van der Waals surface area contributed by atoms with Gasteiger partial charge < -0.3 is 0 Å². The Morgan fingerprint density at radius 2 is 0.944 bits per heavy atom. The van der Waals surface area contributed by atoms with Gasteiger partial charge in [-0.1, -0.05) is 0 Å². The summed E-state index contributed by atoms with van der Waals surface area (Å²) in [5.41, 5.74) is 0. The van der Waals surface area contributed by atoms with Crippen LogP contribution in [-0.4, -0.2) is 38.3 Å². The van der Waals surface area contributed by atoms with E-state index in [1.807, 2.05) is 0 Å². The molecule has 0 bridgehead atoms. The summed E-state index contributed by atoms with van der Waals surface area (Å²) >= 11 is 0. The number of rotatable bonds is 6. The molecule has 0 heterocycles. The number of hydrogen-bond donors (Lipinski definition) is 0. The highest BCUT2D eigenvalue weighted by atomic mass is 14.7. The summed E-state index contributed by atoms with van der Waals surface area (Å²) in [5, 5.41) is 0. The molecule has 1 aliphatic rings. The quantitative estimate of drug-likeness (QED) is 0.648. The van der Waals surface area contributed by atoms with Crippen LogP contribution in [0.5, 0.6) is 0 Å². The standard InChI is InChI=1S/C15H27N3/c1-4-16-10-13-7-14(11-17-5-2)9-15(8-13)12-18-6-3/h10-15H,4-9H2,1-3H3. The van der Waals surface area contributed by atoms with Gasteiger partial charge in [-0.15, -0.1) is 0 Å². The Bertz CT molecular complexity index is 241. The third kappa shape index (κ3) is 5.56. The molecule has 1 fully saturated rings. The summed E-state index contributed by atoms with van der Waals surface area (Å²) in [6.07, 6.45) is 10.0. The average molecular weight is 249 g/mol. The number of nitrogens with zero attached hydrogens (tertiary/aromatic N) is 3. The molecule has 0 aromatic rings. The molecule has 0 aromatic carbocycles. The molecule has 0 unspecified atom stereocenters. The minimum absolute atomic E-state index is 0.598. The molecule has 1 saturated carbocycles. The summed E-state index contributed by atoms with van der Waals surface area (Å²) in [5.74, 6) is 1.79. The monoisotopic (exact) mass is 249 g/mol. The Morgan fingerprint density at radius 3 is 1.17 bits per heavy atom. The maximum Gasteiger partial charge on any atom is 0.0357 e. The van der Waals surface area contributed by atoms with Gasteiger partial charge in [0.25, 0.3) is 0 Å². The first-order valence-electron chi connectivity index (χ1n) is 7.29. The van der Waals surface area contributed by atoms with Crippen molar-refractivity contribution in [1.29, 1.82) is 0 Å². The van der Waals surface area contributed by atoms with E-state index < -0.39 is 0 Å². The van der Waals surface area contributed by atoms with E-state index in [-0.39, 0.29) is 0 Å². The van der Waals surface area contributed by atoms with E-state index in [2.05, 4.69) is 54.4 Å². The van der Waals surface area contributed by atoms with Gasteiger partial charge in [-0.3, -0.25) is 15.0 Å². The molecule has 1 aliphatic carbocycles. The molecule has 1 rings (SSSR count). The highest BCUT2D eigenvalue weighted by Crippen LogP contribution is 2.31. The van der Waals surface area contributed by atoms with Crippen molar-refractivity contribution in [3.63, 3.8) is 0 Å². The lowest BCUT2D eigenvalue weighted by molar-refractivity contribution is 0.348. The third-order valence-electron chi connectivity index (χ3n) is 3.31. The molecule has 0 saturated heterocycles. The lowest BCUT2D eigenvalue weighted by Gasteiger charge is -2.29. The maximum absolute atomic E-state index is 4.41. The zero-order valence-corrected chi connectivity index (χ0v) is 12.0. The maximum atomic E-state index is 4.41. The second-order valence-electron chi connectivity index (χ2n) is 4.93. The Labute approximate surface area is 112 Å². The van der Waals surface area contributed by atoms with Gasteiger partial charge >= 0.3 is 0 Å². The van der Waals surface area contributed by atoms with E-state index in [4.69, 9.17) is 0 Å². The third-order valence-corrected chi connectivity index (χ3v) is 3.31. The fraction of sp³-hybridized carbons (Fsp3) is 0.800. The SMILES string of the molecule is CCN=CC1CC(C=NCC)CC(C=NCC)C1. The van der Waals surface area contributed by atoms with Crippen LogP contribution in [0.2, 0.25) is 0 Å². The molecule has 102 valence electrons. The molecule has 0 N–H and O–H groups in total. The van der Waals surface area contributed by atoms with Crippen molar-refractivity contribution in [2.24, 2.45) is 32.7 Å². The molecule has 0 spiro atoms. The number of aliphatic imine (C=N–C) groups is 3.